The van der Waals surface area contributed by atoms with Crippen LogP contribution in [-0.4, -0.2) is 42.5 Å². The van der Waals surface area contributed by atoms with Crippen LogP contribution in [-0.2, 0) is 16.6 Å². The second-order valence-electron chi connectivity index (χ2n) is 7.71. The van der Waals surface area contributed by atoms with Crippen LogP contribution in [0.15, 0.2) is 96.0 Å². The van der Waals surface area contributed by atoms with Crippen LogP contribution in [0.1, 0.15) is 15.9 Å². The van der Waals surface area contributed by atoms with Crippen LogP contribution in [0, 0.1) is 0 Å². The zero-order chi connectivity index (χ0) is 23.4. The molecule has 1 amide bonds. The van der Waals surface area contributed by atoms with E-state index in [1.54, 1.807) is 23.0 Å². The number of amides is 1. The number of hydrogen-bond acceptors (Lipinski definition) is 4. The number of benzene rings is 3. The van der Waals surface area contributed by atoms with Crippen molar-refractivity contribution in [3.05, 3.63) is 102 Å². The van der Waals surface area contributed by atoms with Crippen molar-refractivity contribution in [3.63, 3.8) is 0 Å². The lowest BCUT2D eigenvalue weighted by molar-refractivity contribution is 0.102. The molecule has 0 aliphatic heterocycles. The average Bonchev–Trinajstić information content (AvgIpc) is 3.24. The van der Waals surface area contributed by atoms with Crippen molar-refractivity contribution >= 4 is 21.6 Å². The van der Waals surface area contributed by atoms with Crippen LogP contribution in [0.3, 0.4) is 0 Å². The molecule has 7 nitrogen and oxygen atoms in total. The van der Waals surface area contributed by atoms with Crippen molar-refractivity contribution in [2.75, 3.05) is 19.4 Å². The third kappa shape index (κ3) is 5.02. The third-order valence-corrected chi connectivity index (χ3v) is 6.92. The molecule has 0 fully saturated rings. The van der Waals surface area contributed by atoms with Crippen LogP contribution < -0.4 is 5.32 Å². The van der Waals surface area contributed by atoms with E-state index in [-0.39, 0.29) is 10.8 Å². The molecule has 1 N–H and O–H groups in total. The normalized spacial score (nSPS) is 11.5. The average molecular weight is 461 g/mol. The van der Waals surface area contributed by atoms with Crippen molar-refractivity contribution in [2.24, 2.45) is 0 Å². The Balaban J connectivity index is 1.67. The molecule has 0 radical (unpaired) electrons. The fourth-order valence-electron chi connectivity index (χ4n) is 3.39. The second kappa shape index (κ2) is 9.40. The summed E-state index contributed by atoms with van der Waals surface area (Å²) >= 11 is 0. The lowest BCUT2D eigenvalue weighted by Crippen LogP contribution is -2.22. The highest BCUT2D eigenvalue weighted by Crippen LogP contribution is 2.24. The van der Waals surface area contributed by atoms with Gasteiger partial charge in [-0.1, -0.05) is 66.7 Å². The monoisotopic (exact) mass is 460 g/mol. The summed E-state index contributed by atoms with van der Waals surface area (Å²) in [4.78, 5) is 13.3. The van der Waals surface area contributed by atoms with E-state index in [9.17, 15) is 13.2 Å². The molecule has 0 bridgehead atoms. The fourth-order valence-corrected chi connectivity index (χ4v) is 4.34. The van der Waals surface area contributed by atoms with E-state index in [1.165, 1.54) is 26.2 Å². The minimum atomic E-state index is -3.62. The Hall–Kier alpha value is -3.75. The summed E-state index contributed by atoms with van der Waals surface area (Å²) in [6, 6.07) is 25.6. The maximum Gasteiger partial charge on any atom is 0.259 e. The van der Waals surface area contributed by atoms with Crippen molar-refractivity contribution in [1.29, 1.82) is 0 Å². The van der Waals surface area contributed by atoms with Gasteiger partial charge in [0.1, 0.15) is 5.69 Å². The molecule has 0 aliphatic rings. The summed E-state index contributed by atoms with van der Waals surface area (Å²) in [6.45, 7) is 0.518. The fraction of sp³-hybridized carbons (Fsp3) is 0.120. The molecule has 0 atom stereocenters. The van der Waals surface area contributed by atoms with Gasteiger partial charge in [-0.25, -0.2) is 12.7 Å². The summed E-state index contributed by atoms with van der Waals surface area (Å²) < 4.78 is 27.8. The first-order valence-corrected chi connectivity index (χ1v) is 11.8. The molecule has 0 spiro atoms. The first-order valence-electron chi connectivity index (χ1n) is 10.4. The lowest BCUT2D eigenvalue weighted by atomic mass is 10.1. The van der Waals surface area contributed by atoms with Gasteiger partial charge in [0.2, 0.25) is 10.0 Å². The molecule has 4 aromatic rings. The van der Waals surface area contributed by atoms with Crippen molar-refractivity contribution in [3.8, 4) is 11.3 Å². The number of carbonyl (C=O) groups excluding carboxylic acids is 1. The Morgan fingerprint density at radius 2 is 1.61 bits per heavy atom. The predicted molar refractivity (Wildman–Crippen MR) is 128 cm³/mol. The lowest BCUT2D eigenvalue weighted by Gasteiger charge is -2.12. The maximum absolute atomic E-state index is 13.2. The molecule has 3 aromatic carbocycles. The molecule has 0 aliphatic carbocycles. The molecular formula is C25H24N4O3S. The minimum Gasteiger partial charge on any atom is -0.322 e. The molecule has 1 aromatic heterocycles. The molecule has 8 heteroatoms. The van der Waals surface area contributed by atoms with Gasteiger partial charge in [0.15, 0.2) is 0 Å². The largest absolute Gasteiger partial charge is 0.322 e. The first-order chi connectivity index (χ1) is 15.8. The van der Waals surface area contributed by atoms with Gasteiger partial charge in [-0.3, -0.25) is 9.48 Å². The summed E-state index contributed by atoms with van der Waals surface area (Å²) in [5.41, 5.74) is 3.23. The van der Waals surface area contributed by atoms with E-state index in [2.05, 4.69) is 10.4 Å². The predicted octanol–water partition coefficient (Wildman–Crippen LogP) is 4.10. The van der Waals surface area contributed by atoms with Gasteiger partial charge in [0.25, 0.3) is 5.91 Å². The molecule has 33 heavy (non-hydrogen) atoms. The second-order valence-corrected chi connectivity index (χ2v) is 9.86. The van der Waals surface area contributed by atoms with Gasteiger partial charge >= 0.3 is 0 Å². The molecule has 0 unspecified atom stereocenters. The van der Waals surface area contributed by atoms with Gasteiger partial charge in [-0.05, 0) is 23.8 Å². The van der Waals surface area contributed by atoms with Crippen LogP contribution in [0.5, 0.6) is 0 Å². The van der Waals surface area contributed by atoms with Crippen LogP contribution >= 0.6 is 0 Å². The van der Waals surface area contributed by atoms with E-state index >= 15 is 0 Å². The number of rotatable bonds is 7. The minimum absolute atomic E-state index is 0.105. The zero-order valence-electron chi connectivity index (χ0n) is 18.3. The number of anilines is 1. The Morgan fingerprint density at radius 1 is 0.939 bits per heavy atom. The number of nitrogens with zero attached hydrogens (tertiary/aromatic N) is 3. The molecule has 1 heterocycles. The number of carbonyl (C=O) groups is 1. The zero-order valence-corrected chi connectivity index (χ0v) is 19.2. The SMILES string of the molecule is CN(C)S(=O)(=O)c1cccc(NC(=O)c2cn(Cc3ccccc3)nc2-c2ccccc2)c1. The van der Waals surface area contributed by atoms with Gasteiger partial charge < -0.3 is 5.32 Å². The maximum atomic E-state index is 13.2. The Labute approximate surface area is 193 Å². The van der Waals surface area contributed by atoms with E-state index in [0.717, 1.165) is 15.4 Å². The van der Waals surface area contributed by atoms with Crippen LogP contribution in [0.4, 0.5) is 5.69 Å². The topological polar surface area (TPSA) is 84.3 Å². The summed E-state index contributed by atoms with van der Waals surface area (Å²) in [7, 11) is -0.684. The molecule has 0 saturated heterocycles. The number of nitrogens with one attached hydrogen (secondary N) is 1. The highest BCUT2D eigenvalue weighted by Gasteiger charge is 2.20. The standard InChI is InChI=1S/C25H24N4O3S/c1-28(2)33(31,32)22-15-9-14-21(16-22)26-25(30)23-18-29(17-19-10-5-3-6-11-19)27-24(23)20-12-7-4-8-13-20/h3-16,18H,17H2,1-2H3,(H,26,30). The first kappa shape index (κ1) is 22.4. The van der Waals surface area contributed by atoms with E-state index in [0.29, 0.717) is 23.5 Å². The Bertz CT molecular complexity index is 1370. The number of sulfonamides is 1. The van der Waals surface area contributed by atoms with Gasteiger partial charge in [-0.15, -0.1) is 0 Å². The Morgan fingerprint density at radius 3 is 2.27 bits per heavy atom. The summed E-state index contributed by atoms with van der Waals surface area (Å²) in [5.74, 6) is -0.368. The number of hydrogen-bond donors (Lipinski definition) is 1. The highest BCUT2D eigenvalue weighted by atomic mass is 32.2. The van der Waals surface area contributed by atoms with E-state index < -0.39 is 10.0 Å². The third-order valence-electron chi connectivity index (χ3n) is 5.11. The van der Waals surface area contributed by atoms with Crippen molar-refractivity contribution in [2.45, 2.75) is 11.4 Å². The van der Waals surface area contributed by atoms with Crippen LogP contribution in [0.2, 0.25) is 0 Å². The van der Waals surface area contributed by atoms with E-state index in [1.807, 2.05) is 60.7 Å². The van der Waals surface area contributed by atoms with Gasteiger partial charge in [0.05, 0.1) is 17.0 Å². The molecule has 0 saturated carbocycles. The van der Waals surface area contributed by atoms with Gasteiger partial charge in [0, 0.05) is 31.5 Å². The van der Waals surface area contributed by atoms with Crippen LogP contribution in [0.25, 0.3) is 11.3 Å². The van der Waals surface area contributed by atoms with Gasteiger partial charge in [-0.2, -0.15) is 5.10 Å². The smallest absolute Gasteiger partial charge is 0.259 e. The summed E-state index contributed by atoms with van der Waals surface area (Å²) in [6.07, 6.45) is 1.71. The van der Waals surface area contributed by atoms with Crippen molar-refractivity contribution in [1.82, 2.24) is 14.1 Å². The van der Waals surface area contributed by atoms with Crippen molar-refractivity contribution < 1.29 is 13.2 Å². The molecular weight excluding hydrogens is 436 g/mol. The van der Waals surface area contributed by atoms with E-state index in [4.69, 9.17) is 0 Å². The number of aromatic nitrogens is 2. The Kier molecular flexibility index (Phi) is 6.39. The molecule has 4 rings (SSSR count). The molecule has 168 valence electrons. The summed E-state index contributed by atoms with van der Waals surface area (Å²) in [5, 5.41) is 7.49. The quantitative estimate of drug-likeness (QED) is 0.450. The highest BCUT2D eigenvalue weighted by molar-refractivity contribution is 7.89.